The summed E-state index contributed by atoms with van der Waals surface area (Å²) in [5, 5.41) is 0.749. The molecule has 0 radical (unpaired) electrons. The van der Waals surface area contributed by atoms with E-state index in [1.807, 2.05) is 12.1 Å². The van der Waals surface area contributed by atoms with Crippen molar-refractivity contribution in [1.29, 1.82) is 0 Å². The number of benzene rings is 1. The lowest BCUT2D eigenvalue weighted by Gasteiger charge is -2.15. The van der Waals surface area contributed by atoms with E-state index in [-0.39, 0.29) is 6.04 Å². The number of rotatable bonds is 4. The SMILES string of the molecule is NC(CCC1CCCC1)c1ccc(Br)c(Cl)c1. The Kier molecular flexibility index (Phi) is 4.89. The highest BCUT2D eigenvalue weighted by Crippen LogP contribution is 2.32. The molecule has 2 rings (SSSR count). The van der Waals surface area contributed by atoms with Crippen LogP contribution in [0, 0.1) is 5.92 Å². The zero-order valence-corrected chi connectivity index (χ0v) is 12.3. The Hall–Kier alpha value is -0.0500. The second-order valence-corrected chi connectivity index (χ2v) is 6.27. The third kappa shape index (κ3) is 3.70. The Morgan fingerprint density at radius 2 is 2.06 bits per heavy atom. The molecule has 1 aliphatic rings. The van der Waals surface area contributed by atoms with Crippen LogP contribution in [0.3, 0.4) is 0 Å². The van der Waals surface area contributed by atoms with Gasteiger partial charge in [0.05, 0.1) is 5.02 Å². The molecule has 1 nitrogen and oxygen atoms in total. The Balaban J connectivity index is 1.89. The van der Waals surface area contributed by atoms with Crippen molar-refractivity contribution in [2.24, 2.45) is 11.7 Å². The van der Waals surface area contributed by atoms with Crippen molar-refractivity contribution < 1.29 is 0 Å². The van der Waals surface area contributed by atoms with Crippen LogP contribution in [0.5, 0.6) is 0 Å². The molecule has 0 amide bonds. The molecule has 1 aromatic carbocycles. The predicted octanol–water partition coefficient (Wildman–Crippen LogP) is 5.07. The van der Waals surface area contributed by atoms with E-state index in [9.17, 15) is 0 Å². The summed E-state index contributed by atoms with van der Waals surface area (Å²) in [6.07, 6.45) is 7.94. The molecule has 94 valence electrons. The maximum Gasteiger partial charge on any atom is 0.0551 e. The van der Waals surface area contributed by atoms with Crippen LogP contribution in [0.4, 0.5) is 0 Å². The van der Waals surface area contributed by atoms with Gasteiger partial charge in [-0.15, -0.1) is 0 Å². The maximum atomic E-state index is 6.22. The highest BCUT2D eigenvalue weighted by Gasteiger charge is 2.16. The van der Waals surface area contributed by atoms with Gasteiger partial charge in [0.15, 0.2) is 0 Å². The van der Waals surface area contributed by atoms with E-state index in [0.717, 1.165) is 27.4 Å². The highest BCUT2D eigenvalue weighted by atomic mass is 79.9. The molecular formula is C14H19BrClN. The van der Waals surface area contributed by atoms with Gasteiger partial charge in [0.25, 0.3) is 0 Å². The molecular weight excluding hydrogens is 298 g/mol. The molecule has 0 aliphatic heterocycles. The van der Waals surface area contributed by atoms with E-state index in [1.54, 1.807) is 0 Å². The van der Waals surface area contributed by atoms with Gasteiger partial charge in [-0.05, 0) is 52.4 Å². The Morgan fingerprint density at radius 3 is 2.71 bits per heavy atom. The molecule has 1 atom stereocenters. The zero-order chi connectivity index (χ0) is 12.3. The molecule has 2 N–H and O–H groups in total. The average Bonchev–Trinajstić information content (AvgIpc) is 2.82. The van der Waals surface area contributed by atoms with Gasteiger partial charge in [0.2, 0.25) is 0 Å². The molecule has 1 aromatic rings. The summed E-state index contributed by atoms with van der Waals surface area (Å²) >= 11 is 9.48. The molecule has 1 unspecified atom stereocenters. The predicted molar refractivity (Wildman–Crippen MR) is 77.3 cm³/mol. The van der Waals surface area contributed by atoms with Crippen LogP contribution in [-0.4, -0.2) is 0 Å². The van der Waals surface area contributed by atoms with Crippen LogP contribution in [0.2, 0.25) is 5.02 Å². The van der Waals surface area contributed by atoms with E-state index in [0.29, 0.717) is 0 Å². The van der Waals surface area contributed by atoms with Crippen molar-refractivity contribution in [2.45, 2.75) is 44.6 Å². The van der Waals surface area contributed by atoms with Gasteiger partial charge in [-0.1, -0.05) is 43.4 Å². The van der Waals surface area contributed by atoms with Gasteiger partial charge in [-0.3, -0.25) is 0 Å². The second-order valence-electron chi connectivity index (χ2n) is 5.01. The summed E-state index contributed by atoms with van der Waals surface area (Å²) < 4.78 is 0.936. The molecule has 1 saturated carbocycles. The minimum absolute atomic E-state index is 0.126. The van der Waals surface area contributed by atoms with Gasteiger partial charge in [-0.2, -0.15) is 0 Å². The third-order valence-corrected chi connectivity index (χ3v) is 4.96. The van der Waals surface area contributed by atoms with Crippen molar-refractivity contribution in [2.75, 3.05) is 0 Å². The third-order valence-electron chi connectivity index (χ3n) is 3.73. The zero-order valence-electron chi connectivity index (χ0n) is 9.96. The fourth-order valence-electron chi connectivity index (χ4n) is 2.62. The molecule has 0 saturated heterocycles. The summed E-state index contributed by atoms with van der Waals surface area (Å²) in [6.45, 7) is 0. The quantitative estimate of drug-likeness (QED) is 0.824. The summed E-state index contributed by atoms with van der Waals surface area (Å²) in [4.78, 5) is 0. The molecule has 0 bridgehead atoms. The normalized spacial score (nSPS) is 18.5. The van der Waals surface area contributed by atoms with Gasteiger partial charge in [-0.25, -0.2) is 0 Å². The summed E-state index contributed by atoms with van der Waals surface area (Å²) in [5.74, 6) is 0.909. The topological polar surface area (TPSA) is 26.0 Å². The van der Waals surface area contributed by atoms with Crippen LogP contribution in [0.15, 0.2) is 22.7 Å². The number of hydrogen-bond donors (Lipinski definition) is 1. The fraction of sp³-hybridized carbons (Fsp3) is 0.571. The van der Waals surface area contributed by atoms with Crippen molar-refractivity contribution in [3.63, 3.8) is 0 Å². The summed E-state index contributed by atoms with van der Waals surface area (Å²) in [6, 6.07) is 6.15. The standard InChI is InChI=1S/C14H19BrClN/c15-12-7-6-11(9-13(12)16)14(17)8-5-10-3-1-2-4-10/h6-7,9-10,14H,1-5,8,17H2. The second kappa shape index (κ2) is 6.21. The fourth-order valence-corrected chi connectivity index (χ4v) is 3.06. The first kappa shape index (κ1) is 13.4. The minimum atomic E-state index is 0.126. The average molecular weight is 317 g/mol. The smallest absolute Gasteiger partial charge is 0.0551 e. The lowest BCUT2D eigenvalue weighted by atomic mass is 9.95. The number of nitrogens with two attached hydrogens (primary N) is 1. The minimum Gasteiger partial charge on any atom is -0.324 e. The van der Waals surface area contributed by atoms with E-state index < -0.39 is 0 Å². The molecule has 0 aromatic heterocycles. The number of halogens is 2. The van der Waals surface area contributed by atoms with Gasteiger partial charge in [0.1, 0.15) is 0 Å². The van der Waals surface area contributed by atoms with Crippen molar-refractivity contribution >= 4 is 27.5 Å². The van der Waals surface area contributed by atoms with Crippen LogP contribution in [0.25, 0.3) is 0 Å². The van der Waals surface area contributed by atoms with Gasteiger partial charge in [0, 0.05) is 10.5 Å². The first-order valence-corrected chi connectivity index (χ1v) is 7.54. The summed E-state index contributed by atoms with van der Waals surface area (Å²) in [7, 11) is 0. The largest absolute Gasteiger partial charge is 0.324 e. The van der Waals surface area contributed by atoms with E-state index >= 15 is 0 Å². The van der Waals surface area contributed by atoms with Crippen LogP contribution in [-0.2, 0) is 0 Å². The van der Waals surface area contributed by atoms with E-state index in [4.69, 9.17) is 17.3 Å². The summed E-state index contributed by atoms with van der Waals surface area (Å²) in [5.41, 5.74) is 7.37. The van der Waals surface area contributed by atoms with Gasteiger partial charge < -0.3 is 5.73 Å². The Morgan fingerprint density at radius 1 is 1.35 bits per heavy atom. The molecule has 3 heteroatoms. The van der Waals surface area contributed by atoms with Crippen LogP contribution >= 0.6 is 27.5 Å². The molecule has 0 heterocycles. The van der Waals surface area contributed by atoms with Crippen molar-refractivity contribution in [1.82, 2.24) is 0 Å². The molecule has 1 aliphatic carbocycles. The Bertz CT molecular complexity index is 374. The number of hydrogen-bond acceptors (Lipinski definition) is 1. The lowest BCUT2D eigenvalue weighted by molar-refractivity contribution is 0.454. The van der Waals surface area contributed by atoms with Crippen molar-refractivity contribution in [3.8, 4) is 0 Å². The highest BCUT2D eigenvalue weighted by molar-refractivity contribution is 9.10. The first-order valence-electron chi connectivity index (χ1n) is 6.37. The monoisotopic (exact) mass is 315 g/mol. The molecule has 17 heavy (non-hydrogen) atoms. The first-order chi connectivity index (χ1) is 8.16. The van der Waals surface area contributed by atoms with Crippen molar-refractivity contribution in [3.05, 3.63) is 33.3 Å². The Labute approximate surface area is 117 Å². The van der Waals surface area contributed by atoms with Crippen LogP contribution < -0.4 is 5.73 Å². The van der Waals surface area contributed by atoms with E-state index in [2.05, 4.69) is 22.0 Å². The maximum absolute atomic E-state index is 6.22. The van der Waals surface area contributed by atoms with Gasteiger partial charge >= 0.3 is 0 Å². The lowest BCUT2D eigenvalue weighted by Crippen LogP contribution is -2.11. The van der Waals surface area contributed by atoms with E-state index in [1.165, 1.54) is 32.1 Å². The molecule has 1 fully saturated rings. The van der Waals surface area contributed by atoms with Crippen LogP contribution in [0.1, 0.15) is 50.1 Å². The molecule has 0 spiro atoms.